The predicted molar refractivity (Wildman–Crippen MR) is 81.3 cm³/mol. The van der Waals surface area contributed by atoms with E-state index >= 15 is 0 Å². The third-order valence-corrected chi connectivity index (χ3v) is 4.77. The van der Waals surface area contributed by atoms with E-state index in [1.807, 2.05) is 4.90 Å². The van der Waals surface area contributed by atoms with E-state index in [1.165, 1.54) is 7.05 Å². The minimum atomic E-state index is -4.60. The van der Waals surface area contributed by atoms with Crippen molar-refractivity contribution < 1.29 is 22.8 Å². The van der Waals surface area contributed by atoms with Crippen LogP contribution in [-0.4, -0.2) is 52.2 Å². The Balaban J connectivity index is 1.71. The lowest BCUT2D eigenvalue weighted by Gasteiger charge is -2.19. The molecule has 1 saturated heterocycles. The first-order valence-electron chi connectivity index (χ1n) is 8.08. The number of nitrogens with zero attached hydrogens (tertiary/aromatic N) is 3. The van der Waals surface area contributed by atoms with Gasteiger partial charge in [0.1, 0.15) is 5.69 Å². The molecule has 2 amide bonds. The lowest BCUT2D eigenvalue weighted by molar-refractivity contribution is -0.141. The number of nitrogens with one attached hydrogen (secondary N) is 1. The summed E-state index contributed by atoms with van der Waals surface area (Å²) in [6.45, 7) is 1.22. The van der Waals surface area contributed by atoms with E-state index in [-0.39, 0.29) is 24.2 Å². The molecule has 2 heterocycles. The Morgan fingerprint density at radius 3 is 2.56 bits per heavy atom. The molecule has 0 radical (unpaired) electrons. The van der Waals surface area contributed by atoms with Gasteiger partial charge in [0.05, 0.1) is 6.54 Å². The van der Waals surface area contributed by atoms with Crippen LogP contribution in [0.2, 0.25) is 0 Å². The maximum absolute atomic E-state index is 12.7. The highest BCUT2D eigenvalue weighted by atomic mass is 19.4. The van der Waals surface area contributed by atoms with Crippen LogP contribution in [0.25, 0.3) is 0 Å². The van der Waals surface area contributed by atoms with Crippen LogP contribution in [0.5, 0.6) is 0 Å². The number of aromatic nitrogens is 2. The van der Waals surface area contributed by atoms with Crippen LogP contribution in [0.15, 0.2) is 6.07 Å². The van der Waals surface area contributed by atoms with Gasteiger partial charge in [-0.15, -0.1) is 0 Å². The molecule has 7 nitrogen and oxygen atoms in total. The Hall–Kier alpha value is -2.10. The number of amides is 2. The first kappa shape index (κ1) is 17.7. The number of halogens is 3. The van der Waals surface area contributed by atoms with Crippen LogP contribution < -0.4 is 11.1 Å². The quantitative estimate of drug-likeness (QED) is 0.794. The lowest BCUT2D eigenvalue weighted by Crippen LogP contribution is -2.42. The lowest BCUT2D eigenvalue weighted by atomic mass is 9.98. The van der Waals surface area contributed by atoms with Crippen LogP contribution in [0.4, 0.5) is 13.2 Å². The minimum Gasteiger partial charge on any atom is -0.369 e. The number of hydrogen-bond donors (Lipinski definition) is 2. The SMILES string of the molecule is Cn1nc(C(F)(F)F)cc1C(=O)N[C@@H]1CN(CC(N)=O)C[C@H]1C1CC1. The van der Waals surface area contributed by atoms with Gasteiger partial charge in [-0.05, 0) is 24.7 Å². The van der Waals surface area contributed by atoms with Gasteiger partial charge >= 0.3 is 6.18 Å². The molecule has 25 heavy (non-hydrogen) atoms. The van der Waals surface area contributed by atoms with Gasteiger partial charge in [-0.1, -0.05) is 0 Å². The maximum Gasteiger partial charge on any atom is 0.435 e. The predicted octanol–water partition coefficient (Wildman–Crippen LogP) is 0.364. The topological polar surface area (TPSA) is 93.2 Å². The zero-order chi connectivity index (χ0) is 18.4. The second kappa shape index (κ2) is 6.32. The maximum atomic E-state index is 12.7. The van der Waals surface area contributed by atoms with Crippen molar-refractivity contribution in [3.8, 4) is 0 Å². The van der Waals surface area contributed by atoms with Gasteiger partial charge in [-0.2, -0.15) is 18.3 Å². The molecule has 2 atom stereocenters. The molecule has 0 aromatic carbocycles. The number of hydrogen-bond acceptors (Lipinski definition) is 4. The zero-order valence-corrected chi connectivity index (χ0v) is 13.7. The summed E-state index contributed by atoms with van der Waals surface area (Å²) in [6.07, 6.45) is -2.48. The molecular weight excluding hydrogens is 339 g/mol. The van der Waals surface area contributed by atoms with Crippen molar-refractivity contribution in [3.63, 3.8) is 0 Å². The first-order chi connectivity index (χ1) is 11.6. The number of carbonyl (C=O) groups excluding carboxylic acids is 2. The number of alkyl halides is 3. The summed E-state index contributed by atoms with van der Waals surface area (Å²) in [5, 5.41) is 6.17. The second-order valence-electron chi connectivity index (χ2n) is 6.78. The normalized spacial score (nSPS) is 24.5. The zero-order valence-electron chi connectivity index (χ0n) is 13.7. The highest BCUT2D eigenvalue weighted by Gasteiger charge is 2.43. The van der Waals surface area contributed by atoms with Crippen molar-refractivity contribution in [2.45, 2.75) is 25.1 Å². The van der Waals surface area contributed by atoms with Crippen molar-refractivity contribution in [3.05, 3.63) is 17.5 Å². The molecule has 2 aliphatic rings. The molecule has 10 heteroatoms. The number of carbonyl (C=O) groups is 2. The summed E-state index contributed by atoms with van der Waals surface area (Å²) < 4.78 is 39.2. The fourth-order valence-corrected chi connectivity index (χ4v) is 3.48. The molecule has 3 rings (SSSR count). The Bertz CT molecular complexity index is 683. The largest absolute Gasteiger partial charge is 0.435 e. The molecular formula is C15H20F3N5O2. The van der Waals surface area contributed by atoms with Gasteiger partial charge in [0.25, 0.3) is 5.91 Å². The van der Waals surface area contributed by atoms with Crippen LogP contribution in [0.3, 0.4) is 0 Å². The van der Waals surface area contributed by atoms with Gasteiger partial charge in [-0.25, -0.2) is 0 Å². The highest BCUT2D eigenvalue weighted by molar-refractivity contribution is 5.93. The third kappa shape index (κ3) is 3.94. The molecule has 1 aliphatic carbocycles. The van der Waals surface area contributed by atoms with Crippen LogP contribution in [0.1, 0.15) is 29.0 Å². The first-order valence-corrected chi connectivity index (χ1v) is 8.08. The van der Waals surface area contributed by atoms with Crippen molar-refractivity contribution in [1.82, 2.24) is 20.0 Å². The summed E-state index contributed by atoms with van der Waals surface area (Å²) in [5.74, 6) is -0.385. The number of rotatable bonds is 5. The number of aryl methyl sites for hydroxylation is 1. The summed E-state index contributed by atoms with van der Waals surface area (Å²) >= 11 is 0. The molecule has 138 valence electrons. The van der Waals surface area contributed by atoms with E-state index in [0.29, 0.717) is 19.0 Å². The Labute approximate surface area is 142 Å². The smallest absolute Gasteiger partial charge is 0.369 e. The molecule has 2 fully saturated rings. The molecule has 3 N–H and O–H groups in total. The molecule has 1 saturated carbocycles. The van der Waals surface area contributed by atoms with Crippen molar-refractivity contribution in [1.29, 1.82) is 0 Å². The van der Waals surface area contributed by atoms with Crippen LogP contribution >= 0.6 is 0 Å². The van der Waals surface area contributed by atoms with Gasteiger partial charge in [0, 0.05) is 32.2 Å². The Morgan fingerprint density at radius 2 is 2.04 bits per heavy atom. The summed E-state index contributed by atoms with van der Waals surface area (Å²) in [6, 6.07) is 0.529. The molecule has 0 unspecified atom stereocenters. The Kier molecular flexibility index (Phi) is 4.48. The van der Waals surface area contributed by atoms with Crippen molar-refractivity contribution >= 4 is 11.8 Å². The van der Waals surface area contributed by atoms with Gasteiger partial charge in [0.15, 0.2) is 5.69 Å². The van der Waals surface area contributed by atoms with E-state index < -0.39 is 23.7 Å². The van der Waals surface area contributed by atoms with Crippen molar-refractivity contribution in [2.75, 3.05) is 19.6 Å². The number of nitrogens with two attached hydrogens (primary N) is 1. The minimum absolute atomic E-state index is 0.111. The van der Waals surface area contributed by atoms with E-state index in [2.05, 4.69) is 10.4 Å². The average molecular weight is 359 g/mol. The third-order valence-electron chi connectivity index (χ3n) is 4.77. The molecule has 1 aromatic heterocycles. The monoisotopic (exact) mass is 359 g/mol. The Morgan fingerprint density at radius 1 is 1.36 bits per heavy atom. The summed E-state index contributed by atoms with van der Waals surface area (Å²) in [7, 11) is 1.30. The van der Waals surface area contributed by atoms with E-state index in [9.17, 15) is 22.8 Å². The van der Waals surface area contributed by atoms with Crippen molar-refractivity contribution in [2.24, 2.45) is 24.6 Å². The average Bonchev–Trinajstić information content (AvgIpc) is 3.13. The van der Waals surface area contributed by atoms with Crippen LogP contribution in [-0.2, 0) is 18.0 Å². The molecule has 1 aromatic rings. The molecule has 0 spiro atoms. The fourth-order valence-electron chi connectivity index (χ4n) is 3.48. The molecule has 1 aliphatic heterocycles. The second-order valence-corrected chi connectivity index (χ2v) is 6.78. The standard InChI is InChI=1S/C15H20F3N5O2/c1-22-11(4-12(21-22)15(16,17)18)14(25)20-10-6-23(7-13(19)24)5-9(10)8-2-3-8/h4,8-10H,2-3,5-7H2,1H3,(H2,19,24)(H,20,25)/t9-,10+/m0/s1. The number of likely N-dealkylation sites (tertiary alicyclic amines) is 1. The summed E-state index contributed by atoms with van der Waals surface area (Å²) in [5.41, 5.74) is 3.98. The molecule has 0 bridgehead atoms. The fraction of sp³-hybridized carbons (Fsp3) is 0.667. The van der Waals surface area contributed by atoms with Gasteiger partial charge in [-0.3, -0.25) is 19.2 Å². The van der Waals surface area contributed by atoms with Gasteiger partial charge in [0.2, 0.25) is 5.91 Å². The highest BCUT2D eigenvalue weighted by Crippen LogP contribution is 2.41. The number of primary amides is 1. The summed E-state index contributed by atoms with van der Waals surface area (Å²) in [4.78, 5) is 25.4. The van der Waals surface area contributed by atoms with E-state index in [0.717, 1.165) is 23.6 Å². The van der Waals surface area contributed by atoms with E-state index in [4.69, 9.17) is 5.73 Å². The van der Waals surface area contributed by atoms with Gasteiger partial charge < -0.3 is 11.1 Å². The van der Waals surface area contributed by atoms with Crippen LogP contribution in [0, 0.1) is 11.8 Å². The van der Waals surface area contributed by atoms with E-state index in [1.54, 1.807) is 0 Å².